The van der Waals surface area contributed by atoms with Crippen molar-refractivity contribution in [2.45, 2.75) is 26.4 Å². The van der Waals surface area contributed by atoms with E-state index < -0.39 is 0 Å². The minimum absolute atomic E-state index is 0.553. The number of hydrogen-bond acceptors (Lipinski definition) is 3. The molecule has 0 saturated heterocycles. The SMILES string of the molecule is CNCC(C(C)C)N(C)Cc1ccc(OC)cc1. The number of nitrogens with zero attached hydrogens (tertiary/aromatic N) is 1. The Morgan fingerprint density at radius 1 is 1.22 bits per heavy atom. The van der Waals surface area contributed by atoms with Crippen molar-refractivity contribution in [3.05, 3.63) is 29.8 Å². The second-order valence-electron chi connectivity index (χ2n) is 5.13. The zero-order chi connectivity index (χ0) is 13.5. The Hall–Kier alpha value is -1.06. The molecular formula is C15H26N2O. The van der Waals surface area contributed by atoms with Crippen LogP contribution in [-0.4, -0.2) is 38.7 Å². The second kappa shape index (κ2) is 7.39. The summed E-state index contributed by atoms with van der Waals surface area (Å²) in [6.45, 7) is 6.53. The Bertz CT molecular complexity index is 335. The van der Waals surface area contributed by atoms with Crippen molar-refractivity contribution < 1.29 is 4.74 Å². The Morgan fingerprint density at radius 2 is 1.83 bits per heavy atom. The molecule has 0 radical (unpaired) electrons. The lowest BCUT2D eigenvalue weighted by atomic mass is 10.0. The molecule has 0 aliphatic heterocycles. The number of ether oxygens (including phenoxy) is 1. The van der Waals surface area contributed by atoms with E-state index in [1.54, 1.807) is 7.11 Å². The smallest absolute Gasteiger partial charge is 0.118 e. The van der Waals surface area contributed by atoms with Crippen LogP contribution in [0.3, 0.4) is 0 Å². The number of likely N-dealkylation sites (N-methyl/N-ethyl adjacent to an activating group) is 2. The molecule has 0 saturated carbocycles. The predicted octanol–water partition coefficient (Wildman–Crippen LogP) is 2.37. The van der Waals surface area contributed by atoms with Gasteiger partial charge in [0.05, 0.1) is 7.11 Å². The van der Waals surface area contributed by atoms with Gasteiger partial charge in [-0.1, -0.05) is 26.0 Å². The van der Waals surface area contributed by atoms with Gasteiger partial charge >= 0.3 is 0 Å². The maximum absolute atomic E-state index is 5.17. The lowest BCUT2D eigenvalue weighted by Gasteiger charge is -2.31. The molecular weight excluding hydrogens is 224 g/mol. The lowest BCUT2D eigenvalue weighted by Crippen LogP contribution is -2.42. The fraction of sp³-hybridized carbons (Fsp3) is 0.600. The molecule has 1 aromatic carbocycles. The monoisotopic (exact) mass is 250 g/mol. The molecule has 0 aliphatic rings. The van der Waals surface area contributed by atoms with Gasteiger partial charge in [-0.05, 0) is 37.7 Å². The third-order valence-electron chi connectivity index (χ3n) is 3.34. The third kappa shape index (κ3) is 4.31. The van der Waals surface area contributed by atoms with E-state index in [9.17, 15) is 0 Å². The van der Waals surface area contributed by atoms with Gasteiger partial charge < -0.3 is 10.1 Å². The van der Waals surface area contributed by atoms with Crippen molar-refractivity contribution in [3.63, 3.8) is 0 Å². The highest BCUT2D eigenvalue weighted by atomic mass is 16.5. The van der Waals surface area contributed by atoms with Gasteiger partial charge in [-0.2, -0.15) is 0 Å². The molecule has 18 heavy (non-hydrogen) atoms. The highest BCUT2D eigenvalue weighted by molar-refractivity contribution is 5.27. The fourth-order valence-electron chi connectivity index (χ4n) is 2.25. The van der Waals surface area contributed by atoms with E-state index in [4.69, 9.17) is 4.74 Å². The van der Waals surface area contributed by atoms with Gasteiger partial charge in [-0.3, -0.25) is 4.90 Å². The Labute approximate surface area is 111 Å². The van der Waals surface area contributed by atoms with Gasteiger partial charge in [0, 0.05) is 19.1 Å². The van der Waals surface area contributed by atoms with Crippen molar-refractivity contribution >= 4 is 0 Å². The van der Waals surface area contributed by atoms with E-state index in [0.29, 0.717) is 12.0 Å². The largest absolute Gasteiger partial charge is 0.497 e. The first-order valence-electron chi connectivity index (χ1n) is 6.56. The zero-order valence-electron chi connectivity index (χ0n) is 12.2. The summed E-state index contributed by atoms with van der Waals surface area (Å²) in [6, 6.07) is 8.85. The van der Waals surface area contributed by atoms with Crippen LogP contribution >= 0.6 is 0 Å². The average molecular weight is 250 g/mol. The van der Waals surface area contributed by atoms with Crippen molar-refractivity contribution in [2.75, 3.05) is 27.7 Å². The van der Waals surface area contributed by atoms with Gasteiger partial charge in [0.2, 0.25) is 0 Å². The molecule has 0 aliphatic carbocycles. The van der Waals surface area contributed by atoms with Crippen LogP contribution in [0.25, 0.3) is 0 Å². The molecule has 1 aromatic rings. The summed E-state index contributed by atoms with van der Waals surface area (Å²) in [5.41, 5.74) is 1.32. The second-order valence-corrected chi connectivity index (χ2v) is 5.13. The van der Waals surface area contributed by atoms with Gasteiger partial charge in [-0.25, -0.2) is 0 Å². The molecule has 0 amide bonds. The van der Waals surface area contributed by atoms with E-state index >= 15 is 0 Å². The van der Waals surface area contributed by atoms with Crippen LogP contribution in [0.4, 0.5) is 0 Å². The number of nitrogens with one attached hydrogen (secondary N) is 1. The molecule has 1 rings (SSSR count). The van der Waals surface area contributed by atoms with Crippen LogP contribution in [-0.2, 0) is 6.54 Å². The standard InChI is InChI=1S/C15H26N2O/c1-12(2)15(10-16-3)17(4)11-13-6-8-14(18-5)9-7-13/h6-9,12,15-16H,10-11H2,1-5H3. The maximum atomic E-state index is 5.17. The van der Waals surface area contributed by atoms with Gasteiger partial charge in [-0.15, -0.1) is 0 Å². The van der Waals surface area contributed by atoms with Crippen molar-refractivity contribution in [3.8, 4) is 5.75 Å². The molecule has 0 fully saturated rings. The van der Waals surface area contributed by atoms with Crippen LogP contribution in [0.5, 0.6) is 5.75 Å². The molecule has 1 unspecified atom stereocenters. The van der Waals surface area contributed by atoms with Crippen LogP contribution < -0.4 is 10.1 Å². The molecule has 0 bridgehead atoms. The lowest BCUT2D eigenvalue weighted by molar-refractivity contribution is 0.182. The molecule has 0 heterocycles. The van der Waals surface area contributed by atoms with Crippen LogP contribution in [0.2, 0.25) is 0 Å². The predicted molar refractivity (Wildman–Crippen MR) is 77.0 cm³/mol. The first-order valence-corrected chi connectivity index (χ1v) is 6.56. The van der Waals surface area contributed by atoms with Gasteiger partial charge in [0.1, 0.15) is 5.75 Å². The molecule has 0 aromatic heterocycles. The van der Waals surface area contributed by atoms with E-state index in [1.807, 2.05) is 19.2 Å². The first-order chi connectivity index (χ1) is 8.58. The maximum Gasteiger partial charge on any atom is 0.118 e. The summed E-state index contributed by atoms with van der Waals surface area (Å²) in [4.78, 5) is 2.41. The molecule has 3 nitrogen and oxygen atoms in total. The summed E-state index contributed by atoms with van der Waals surface area (Å²) in [7, 11) is 5.89. The topological polar surface area (TPSA) is 24.5 Å². The zero-order valence-corrected chi connectivity index (χ0v) is 12.2. The van der Waals surface area contributed by atoms with Crippen LogP contribution in [0.15, 0.2) is 24.3 Å². The fourth-order valence-corrected chi connectivity index (χ4v) is 2.25. The van der Waals surface area contributed by atoms with E-state index in [1.165, 1.54) is 5.56 Å². The van der Waals surface area contributed by atoms with Crippen LogP contribution in [0.1, 0.15) is 19.4 Å². The number of rotatable bonds is 7. The molecule has 1 N–H and O–H groups in total. The third-order valence-corrected chi connectivity index (χ3v) is 3.34. The van der Waals surface area contributed by atoms with Crippen molar-refractivity contribution in [2.24, 2.45) is 5.92 Å². The highest BCUT2D eigenvalue weighted by Crippen LogP contribution is 2.15. The van der Waals surface area contributed by atoms with E-state index in [0.717, 1.165) is 18.8 Å². The molecule has 0 spiro atoms. The summed E-state index contributed by atoms with van der Waals surface area (Å²) in [6.07, 6.45) is 0. The minimum Gasteiger partial charge on any atom is -0.497 e. The summed E-state index contributed by atoms with van der Waals surface area (Å²) < 4.78 is 5.17. The minimum atomic E-state index is 0.553. The molecule has 3 heteroatoms. The first kappa shape index (κ1) is 15.0. The number of methoxy groups -OCH3 is 1. The highest BCUT2D eigenvalue weighted by Gasteiger charge is 2.17. The quantitative estimate of drug-likeness (QED) is 0.804. The van der Waals surface area contributed by atoms with Gasteiger partial charge in [0.15, 0.2) is 0 Å². The summed E-state index contributed by atoms with van der Waals surface area (Å²) in [5, 5.41) is 3.27. The summed E-state index contributed by atoms with van der Waals surface area (Å²) in [5.74, 6) is 1.55. The summed E-state index contributed by atoms with van der Waals surface area (Å²) >= 11 is 0. The van der Waals surface area contributed by atoms with E-state index in [-0.39, 0.29) is 0 Å². The van der Waals surface area contributed by atoms with Crippen LogP contribution in [0, 0.1) is 5.92 Å². The van der Waals surface area contributed by atoms with E-state index in [2.05, 4.69) is 43.2 Å². The van der Waals surface area contributed by atoms with Crippen molar-refractivity contribution in [1.82, 2.24) is 10.2 Å². The Balaban J connectivity index is 2.63. The molecule has 1 atom stereocenters. The van der Waals surface area contributed by atoms with Crippen molar-refractivity contribution in [1.29, 1.82) is 0 Å². The number of hydrogen-bond donors (Lipinski definition) is 1. The average Bonchev–Trinajstić information content (AvgIpc) is 2.36. The Morgan fingerprint density at radius 3 is 2.28 bits per heavy atom. The normalized spacial score (nSPS) is 13.1. The number of benzene rings is 1. The molecule has 102 valence electrons. The Kier molecular flexibility index (Phi) is 6.16. The van der Waals surface area contributed by atoms with Gasteiger partial charge in [0.25, 0.3) is 0 Å².